The highest BCUT2D eigenvalue weighted by atomic mass is 16.5. The summed E-state index contributed by atoms with van der Waals surface area (Å²) in [5.74, 6) is 1.76. The van der Waals surface area contributed by atoms with E-state index in [1.54, 1.807) is 24.9 Å². The molecule has 0 unspecified atom stereocenters. The second kappa shape index (κ2) is 40.6. The molecule has 0 saturated heterocycles. The minimum Gasteiger partial charge on any atom is -0.507 e. The van der Waals surface area contributed by atoms with Gasteiger partial charge in [0, 0.05) is 118 Å². The Morgan fingerprint density at radius 3 is 0.648 bits per heavy atom. The molecule has 0 saturated carbocycles. The maximum absolute atomic E-state index is 12.9. The van der Waals surface area contributed by atoms with Crippen LogP contribution >= 0.6 is 0 Å². The van der Waals surface area contributed by atoms with E-state index in [1.807, 2.05) is 267 Å². The molecule has 8 bridgehead atoms. The second-order valence-electron chi connectivity index (χ2n) is 32.4. The summed E-state index contributed by atoms with van der Waals surface area (Å²) >= 11 is 0. The number of aromatic hydroxyl groups is 4. The lowest BCUT2D eigenvalue weighted by molar-refractivity contribution is 0.287. The summed E-state index contributed by atoms with van der Waals surface area (Å²) in [6, 6.07) is 100. The Kier molecular flexibility index (Phi) is 27.2. The fourth-order valence-corrected chi connectivity index (χ4v) is 17.5. The summed E-state index contributed by atoms with van der Waals surface area (Å²) in [6.07, 6.45) is 10.4. The molecular formula is C112H100N4O12. The maximum atomic E-state index is 12.9. The van der Waals surface area contributed by atoms with Crippen LogP contribution < -0.4 is 18.9 Å². The van der Waals surface area contributed by atoms with Gasteiger partial charge in [0.2, 0.25) is 0 Å². The monoisotopic (exact) mass is 1690 g/mol. The van der Waals surface area contributed by atoms with Crippen LogP contribution in [0.5, 0.6) is 46.0 Å². The molecular weight excluding hydrogens is 1590 g/mol. The molecule has 1 heterocycles. The van der Waals surface area contributed by atoms with E-state index in [0.717, 1.165) is 110 Å². The lowest BCUT2D eigenvalue weighted by Crippen LogP contribution is -2.10. The third kappa shape index (κ3) is 19.3. The Bertz CT molecular complexity index is 5930. The summed E-state index contributed by atoms with van der Waals surface area (Å²) < 4.78 is 28.6. The second-order valence-corrected chi connectivity index (χ2v) is 32.4. The van der Waals surface area contributed by atoms with Crippen molar-refractivity contribution >= 4 is 67.9 Å². The average molecular weight is 1690 g/mol. The number of aliphatic hydroxyl groups is 4. The van der Waals surface area contributed by atoms with Crippen molar-refractivity contribution in [3.05, 3.63) is 404 Å². The van der Waals surface area contributed by atoms with Crippen LogP contribution in [-0.4, -0.2) is 92.1 Å². The smallest absolute Gasteiger partial charge is 0.130 e. The predicted molar refractivity (Wildman–Crippen MR) is 512 cm³/mol. The number of nitrogens with zero attached hydrogens (tertiary/aromatic N) is 4. The van der Waals surface area contributed by atoms with Crippen molar-refractivity contribution in [2.45, 2.75) is 102 Å². The van der Waals surface area contributed by atoms with Gasteiger partial charge in [0.15, 0.2) is 0 Å². The summed E-state index contributed by atoms with van der Waals surface area (Å²) in [7, 11) is 0. The first-order valence-electron chi connectivity index (χ1n) is 43.7. The van der Waals surface area contributed by atoms with Gasteiger partial charge >= 0.3 is 0 Å². The zero-order valence-corrected chi connectivity index (χ0v) is 71.0. The number of phenols is 4. The number of hydrogen-bond acceptors (Lipinski definition) is 16. The number of phenolic OH excluding ortho intramolecular Hbond substituents is 4. The Morgan fingerprint density at radius 2 is 0.438 bits per heavy atom. The van der Waals surface area contributed by atoms with Gasteiger partial charge < -0.3 is 59.8 Å². The van der Waals surface area contributed by atoms with Crippen molar-refractivity contribution in [3.63, 3.8) is 0 Å². The fraction of sp³-hybridized carbons (Fsp3) is 0.179. The molecule has 4 atom stereocenters. The Morgan fingerprint density at radius 1 is 0.234 bits per heavy atom. The molecule has 128 heavy (non-hydrogen) atoms. The molecule has 0 aromatic heterocycles. The van der Waals surface area contributed by atoms with E-state index >= 15 is 0 Å². The number of rotatable bonds is 16. The number of aliphatic hydroxyl groups excluding tert-OH is 4. The minimum absolute atomic E-state index is 0.0577. The minimum atomic E-state index is -0.722. The van der Waals surface area contributed by atoms with Gasteiger partial charge in [-0.2, -0.15) is 0 Å². The summed E-state index contributed by atoms with van der Waals surface area (Å²) in [5, 5.41) is 100. The van der Waals surface area contributed by atoms with Crippen molar-refractivity contribution < 1.29 is 59.8 Å². The van der Waals surface area contributed by atoms with Gasteiger partial charge in [0.05, 0.1) is 0 Å². The van der Waals surface area contributed by atoms with Crippen LogP contribution in [0.3, 0.4) is 0 Å². The van der Waals surface area contributed by atoms with E-state index in [-0.39, 0.29) is 75.9 Å². The maximum Gasteiger partial charge on any atom is 0.130 e. The van der Waals surface area contributed by atoms with Gasteiger partial charge in [-0.1, -0.05) is 243 Å². The molecule has 0 spiro atoms. The van der Waals surface area contributed by atoms with Crippen LogP contribution in [0.15, 0.2) is 335 Å². The van der Waals surface area contributed by atoms with Gasteiger partial charge in [0.25, 0.3) is 0 Å². The van der Waals surface area contributed by atoms with E-state index in [1.165, 1.54) is 0 Å². The molecule has 8 N–H and O–H groups in total. The van der Waals surface area contributed by atoms with Crippen molar-refractivity contribution in [1.82, 2.24) is 0 Å². The van der Waals surface area contributed by atoms with Gasteiger partial charge in [-0.3, -0.25) is 20.0 Å². The van der Waals surface area contributed by atoms with Gasteiger partial charge in [-0.05, 0) is 212 Å². The third-order valence-corrected chi connectivity index (χ3v) is 23.9. The molecule has 0 aliphatic carbocycles. The molecule has 16 aromatic carbocycles. The predicted octanol–water partition coefficient (Wildman–Crippen LogP) is 22.8. The van der Waals surface area contributed by atoms with Crippen LogP contribution in [0.1, 0.15) is 139 Å². The third-order valence-electron chi connectivity index (χ3n) is 23.9. The van der Waals surface area contributed by atoms with Crippen LogP contribution in [0.4, 0.5) is 0 Å². The van der Waals surface area contributed by atoms with Crippen LogP contribution in [0.25, 0.3) is 65.3 Å². The standard InChI is InChI=1S/C112H100N4O12/c117-53-21-25-73-57-85-65-113-105(81-33-5-1-6-34-81)106(82-35-7-2-8-36-82)114-66-86-58-74(26-22-54-118)62-90(110(86)122)70-126-98-50-46-78-30-14-18-42-94(78)102(98)104-96-44-20-16-32-80(96)48-52-100(104)128-72-92-64-76(28-24-56-120)60-88(112(92)124)68-116-108(84-39-11-4-12-40-84)107(83-37-9-3-10-38-83)115-67-87-59-75(27-23-55-119)63-91(111(87)123)71-127-99-51-47-79-31-15-19-43-95(79)103(99)101-93-41-17-13-29-77(93)45-49-97(101)125-69-89(61-73)109(85)121/h1-20,29-52,57-68,105-108,117-124H,21-28,53-56,69-72H2/t105-,106-,107-,108-/m1/s1. The number of hydrogen-bond donors (Lipinski definition) is 8. The van der Waals surface area contributed by atoms with Crippen LogP contribution in [0, 0.1) is 0 Å². The Balaban J connectivity index is 0.845. The summed E-state index contributed by atoms with van der Waals surface area (Å²) in [4.78, 5) is 21.8. The Labute approximate surface area is 744 Å². The first-order valence-corrected chi connectivity index (χ1v) is 43.7. The van der Waals surface area contributed by atoms with E-state index < -0.39 is 24.2 Å². The first-order chi connectivity index (χ1) is 63.0. The van der Waals surface area contributed by atoms with E-state index in [9.17, 15) is 40.9 Å². The normalized spacial score (nSPS) is 15.2. The van der Waals surface area contributed by atoms with Crippen molar-refractivity contribution in [2.75, 3.05) is 26.4 Å². The topological polar surface area (TPSA) is 248 Å². The number of fused-ring (bicyclic) bond motifs is 22. The van der Waals surface area contributed by atoms with Crippen molar-refractivity contribution in [3.8, 4) is 68.2 Å². The first kappa shape index (κ1) is 85.6. The van der Waals surface area contributed by atoms with Crippen molar-refractivity contribution in [2.24, 2.45) is 20.0 Å². The molecule has 0 amide bonds. The van der Waals surface area contributed by atoms with Crippen LogP contribution in [-0.2, 0) is 52.1 Å². The molecule has 1 aliphatic rings. The van der Waals surface area contributed by atoms with E-state index in [0.29, 0.717) is 119 Å². The molecule has 17 rings (SSSR count). The lowest BCUT2D eigenvalue weighted by atomic mass is 9.92. The summed E-state index contributed by atoms with van der Waals surface area (Å²) in [5.41, 5.74) is 13.1. The zero-order chi connectivity index (χ0) is 87.7. The molecule has 0 radical (unpaired) electrons. The Hall–Kier alpha value is -14.5. The van der Waals surface area contributed by atoms with Gasteiger partial charge in [0.1, 0.15) is 96.6 Å². The number of aryl methyl sites for hydroxylation is 4. The fourth-order valence-electron chi connectivity index (χ4n) is 17.5. The number of benzene rings is 16. The SMILES string of the molecule is OCCCc1cc2c(O)c(c1)COc1ccc3ccccc3c1-c1c(ccc3ccccc13)OCc1cc(CCCO)cc(c1O)C=N[C@H](c1ccccc1)[C@@H](c1ccccc1)N=Cc1cc(CCCO)cc(c1O)COc1ccc3ccccc3c1-c1c(ccc3ccccc13)OCc1cc(CCCO)cc(c1O)C=N[C@H](c1ccccc1)[C@@H](c1ccccc1)N=C2. The van der Waals surface area contributed by atoms with Crippen molar-refractivity contribution in [1.29, 1.82) is 0 Å². The summed E-state index contributed by atoms with van der Waals surface area (Å²) in [6.45, 7) is -0.664. The molecule has 0 fully saturated rings. The van der Waals surface area contributed by atoms with Gasteiger partial charge in [-0.25, -0.2) is 0 Å². The average Bonchev–Trinajstić information content (AvgIpc) is 0.753. The molecule has 16 heteroatoms. The number of aliphatic imine (C=N–C) groups is 4. The van der Waals surface area contributed by atoms with Crippen LogP contribution in [0.2, 0.25) is 0 Å². The van der Waals surface area contributed by atoms with E-state index in [2.05, 4.69) is 48.5 Å². The van der Waals surface area contributed by atoms with Gasteiger partial charge in [-0.15, -0.1) is 0 Å². The highest BCUT2D eigenvalue weighted by Gasteiger charge is 2.30. The zero-order valence-electron chi connectivity index (χ0n) is 71.0. The molecule has 16 aromatic rings. The quantitative estimate of drug-likeness (QED) is 0.0450. The van der Waals surface area contributed by atoms with E-state index in [4.69, 9.17) is 38.9 Å². The highest BCUT2D eigenvalue weighted by molar-refractivity contribution is 6.11. The molecule has 640 valence electrons. The highest BCUT2D eigenvalue weighted by Crippen LogP contribution is 2.50. The lowest BCUT2D eigenvalue weighted by Gasteiger charge is -2.23. The number of ether oxygens (including phenoxy) is 4. The molecule has 1 aliphatic heterocycles. The largest absolute Gasteiger partial charge is 0.507 e. The molecule has 16 nitrogen and oxygen atoms in total.